The summed E-state index contributed by atoms with van der Waals surface area (Å²) in [6, 6.07) is 4.10. The van der Waals surface area contributed by atoms with E-state index >= 15 is 0 Å². The molecule has 0 aliphatic heterocycles. The lowest BCUT2D eigenvalue weighted by Gasteiger charge is -2.37. The first-order valence-corrected chi connectivity index (χ1v) is 10.2. The lowest BCUT2D eigenvalue weighted by Crippen LogP contribution is -2.44. The van der Waals surface area contributed by atoms with E-state index in [0.29, 0.717) is 0 Å². The Morgan fingerprint density at radius 1 is 1.05 bits per heavy atom. The summed E-state index contributed by atoms with van der Waals surface area (Å²) in [6.07, 6.45) is 4.73. The molecule has 0 saturated carbocycles. The third-order valence-electron chi connectivity index (χ3n) is 4.70. The van der Waals surface area contributed by atoms with Gasteiger partial charge in [0.25, 0.3) is 0 Å². The van der Waals surface area contributed by atoms with Crippen molar-refractivity contribution in [1.29, 1.82) is 0 Å². The minimum Gasteiger partial charge on any atom is -0.543 e. The second-order valence-corrected chi connectivity index (χ2v) is 11.9. The number of hydrogen-bond donors (Lipinski definition) is 1. The van der Waals surface area contributed by atoms with E-state index in [4.69, 9.17) is 10.2 Å². The maximum absolute atomic E-state index is 6.50. The Balaban J connectivity index is 2.37. The largest absolute Gasteiger partial charge is 0.543 e. The van der Waals surface area contributed by atoms with Crippen LogP contribution in [-0.4, -0.2) is 8.32 Å². The van der Waals surface area contributed by atoms with E-state index in [0.717, 1.165) is 24.3 Å². The monoisotopic (exact) mass is 277 g/mol. The summed E-state index contributed by atoms with van der Waals surface area (Å²) in [4.78, 5) is 0. The molecule has 0 aromatic heterocycles. The van der Waals surface area contributed by atoms with Gasteiger partial charge in [-0.3, -0.25) is 0 Å². The van der Waals surface area contributed by atoms with Crippen LogP contribution in [0.5, 0.6) is 5.75 Å². The molecule has 1 aliphatic carbocycles. The minimum atomic E-state index is -1.76. The van der Waals surface area contributed by atoms with Crippen LogP contribution in [0.4, 0.5) is 5.69 Å². The molecule has 3 heteroatoms. The molecule has 106 valence electrons. The molecule has 0 fully saturated rings. The first-order valence-electron chi connectivity index (χ1n) is 7.31. The van der Waals surface area contributed by atoms with Crippen LogP contribution < -0.4 is 10.2 Å². The smallest absolute Gasteiger partial charge is 0.250 e. The van der Waals surface area contributed by atoms with Gasteiger partial charge in [-0.25, -0.2) is 0 Å². The highest BCUT2D eigenvalue weighted by Crippen LogP contribution is 2.40. The van der Waals surface area contributed by atoms with Crippen LogP contribution in [0.15, 0.2) is 12.1 Å². The fraction of sp³-hybridized carbons (Fsp3) is 0.625. The summed E-state index contributed by atoms with van der Waals surface area (Å²) in [7, 11) is -1.76. The molecule has 1 aromatic rings. The van der Waals surface area contributed by atoms with Crippen LogP contribution in [0.2, 0.25) is 18.1 Å². The molecule has 1 aliphatic rings. The Labute approximate surface area is 118 Å². The number of anilines is 1. The molecule has 0 spiro atoms. The topological polar surface area (TPSA) is 35.2 Å². The van der Waals surface area contributed by atoms with Crippen molar-refractivity contribution < 1.29 is 4.43 Å². The van der Waals surface area contributed by atoms with Gasteiger partial charge in [-0.1, -0.05) is 20.8 Å². The molecule has 0 atom stereocenters. The van der Waals surface area contributed by atoms with E-state index in [1.807, 2.05) is 6.07 Å². The number of hydrogen-bond acceptors (Lipinski definition) is 2. The average Bonchev–Trinajstić information content (AvgIpc) is 2.32. The van der Waals surface area contributed by atoms with E-state index in [2.05, 4.69) is 39.9 Å². The highest BCUT2D eigenvalue weighted by molar-refractivity contribution is 6.74. The van der Waals surface area contributed by atoms with Gasteiger partial charge in [-0.15, -0.1) is 0 Å². The zero-order valence-corrected chi connectivity index (χ0v) is 14.0. The van der Waals surface area contributed by atoms with Crippen molar-refractivity contribution in [3.05, 3.63) is 23.3 Å². The summed E-state index contributed by atoms with van der Waals surface area (Å²) >= 11 is 0. The Hall–Kier alpha value is -0.963. The molecule has 0 amide bonds. The van der Waals surface area contributed by atoms with Crippen LogP contribution in [0.25, 0.3) is 0 Å². The summed E-state index contributed by atoms with van der Waals surface area (Å²) in [5.74, 6) is 1.09. The van der Waals surface area contributed by atoms with Crippen molar-refractivity contribution >= 4 is 14.0 Å². The highest BCUT2D eigenvalue weighted by atomic mass is 28.4. The maximum Gasteiger partial charge on any atom is 0.250 e. The Bertz CT molecular complexity index is 474. The predicted molar refractivity (Wildman–Crippen MR) is 85.3 cm³/mol. The Kier molecular flexibility index (Phi) is 3.69. The first-order chi connectivity index (χ1) is 8.72. The van der Waals surface area contributed by atoms with Crippen molar-refractivity contribution in [3.8, 4) is 5.75 Å². The van der Waals surface area contributed by atoms with Gasteiger partial charge >= 0.3 is 0 Å². The van der Waals surface area contributed by atoms with Crippen molar-refractivity contribution in [2.45, 2.75) is 64.6 Å². The van der Waals surface area contributed by atoms with E-state index < -0.39 is 8.32 Å². The quantitative estimate of drug-likeness (QED) is 0.636. The molecule has 0 radical (unpaired) electrons. The zero-order chi connectivity index (χ0) is 14.3. The van der Waals surface area contributed by atoms with Gasteiger partial charge in [0.1, 0.15) is 5.75 Å². The molecule has 0 bridgehead atoms. The molecule has 0 heterocycles. The number of fused-ring (bicyclic) bond motifs is 1. The maximum atomic E-state index is 6.50. The van der Waals surface area contributed by atoms with Crippen LogP contribution in [0.3, 0.4) is 0 Å². The van der Waals surface area contributed by atoms with Gasteiger partial charge in [0.2, 0.25) is 8.32 Å². The molecule has 0 unspecified atom stereocenters. The second-order valence-electron chi connectivity index (χ2n) is 7.18. The van der Waals surface area contributed by atoms with Crippen molar-refractivity contribution in [2.24, 2.45) is 0 Å². The minimum absolute atomic E-state index is 0.232. The molecule has 2 N–H and O–H groups in total. The predicted octanol–water partition coefficient (Wildman–Crippen LogP) is 4.53. The molecular formula is C16H27NOSi. The molecule has 2 nitrogen and oxygen atoms in total. The second kappa shape index (κ2) is 4.86. The van der Waals surface area contributed by atoms with Gasteiger partial charge in [0.05, 0.1) is 0 Å². The third kappa shape index (κ3) is 2.81. The van der Waals surface area contributed by atoms with Gasteiger partial charge in [0, 0.05) is 5.69 Å². The standard InChI is InChI=1S/C16H27NOSi/c1-16(2,3)19(4,5)18-15-11-10-14(17)12-8-6-7-9-13(12)15/h10-11H,6-9,17H2,1-5H3. The SMILES string of the molecule is CC(C)(C)[Si](C)(C)Oc1ccc(N)c2c1CCCC2. The molecule has 0 saturated heterocycles. The van der Waals surface area contributed by atoms with E-state index in [9.17, 15) is 0 Å². The van der Waals surface area contributed by atoms with Gasteiger partial charge < -0.3 is 10.2 Å². The van der Waals surface area contributed by atoms with E-state index in [1.165, 1.54) is 24.0 Å². The average molecular weight is 277 g/mol. The van der Waals surface area contributed by atoms with Gasteiger partial charge in [-0.2, -0.15) is 0 Å². The summed E-state index contributed by atoms with van der Waals surface area (Å²) in [6.45, 7) is 11.5. The van der Waals surface area contributed by atoms with E-state index in [-0.39, 0.29) is 5.04 Å². The number of nitrogens with two attached hydrogens (primary N) is 1. The van der Waals surface area contributed by atoms with Crippen LogP contribution >= 0.6 is 0 Å². The molecule has 19 heavy (non-hydrogen) atoms. The molecule has 1 aromatic carbocycles. The first kappa shape index (κ1) is 14.4. The fourth-order valence-corrected chi connectivity index (χ4v) is 3.43. The summed E-state index contributed by atoms with van der Waals surface area (Å²) in [5.41, 5.74) is 9.76. The van der Waals surface area contributed by atoms with Crippen molar-refractivity contribution in [2.75, 3.05) is 5.73 Å². The zero-order valence-electron chi connectivity index (χ0n) is 13.0. The van der Waals surface area contributed by atoms with Crippen molar-refractivity contribution in [1.82, 2.24) is 0 Å². The Morgan fingerprint density at radius 3 is 2.21 bits per heavy atom. The van der Waals surface area contributed by atoms with Crippen LogP contribution in [-0.2, 0) is 12.8 Å². The molecule has 2 rings (SSSR count). The van der Waals surface area contributed by atoms with Crippen LogP contribution in [0, 0.1) is 0 Å². The number of rotatable bonds is 2. The van der Waals surface area contributed by atoms with E-state index in [1.54, 1.807) is 0 Å². The lowest BCUT2D eigenvalue weighted by atomic mass is 9.90. The third-order valence-corrected chi connectivity index (χ3v) is 9.04. The number of benzene rings is 1. The number of nitrogen functional groups attached to an aromatic ring is 1. The van der Waals surface area contributed by atoms with Gasteiger partial charge in [0.15, 0.2) is 0 Å². The molecular weight excluding hydrogens is 250 g/mol. The normalized spacial score (nSPS) is 16.1. The van der Waals surface area contributed by atoms with Gasteiger partial charge in [-0.05, 0) is 67.1 Å². The Morgan fingerprint density at radius 2 is 1.63 bits per heavy atom. The van der Waals surface area contributed by atoms with Crippen LogP contribution in [0.1, 0.15) is 44.7 Å². The lowest BCUT2D eigenvalue weighted by molar-refractivity contribution is 0.482. The summed E-state index contributed by atoms with van der Waals surface area (Å²) < 4.78 is 6.50. The fourth-order valence-electron chi connectivity index (χ4n) is 2.39. The summed E-state index contributed by atoms with van der Waals surface area (Å²) in [5, 5.41) is 0.232. The van der Waals surface area contributed by atoms with Crippen molar-refractivity contribution in [3.63, 3.8) is 0 Å². The highest BCUT2D eigenvalue weighted by Gasteiger charge is 2.39.